The molecule has 90 valence electrons. The maximum absolute atomic E-state index is 13.4. The first kappa shape index (κ1) is 14.1. The number of carbonyl (C=O) groups excluding carboxylic acids is 1. The maximum Gasteiger partial charge on any atom is 0.259 e. The summed E-state index contributed by atoms with van der Waals surface area (Å²) in [7, 11) is 4.70. The summed E-state index contributed by atoms with van der Waals surface area (Å²) >= 11 is 2.80. The first-order chi connectivity index (χ1) is 7.74. The van der Waals surface area contributed by atoms with Gasteiger partial charge in [-0.1, -0.05) is 15.9 Å². The zero-order chi connectivity index (χ0) is 13.2. The Morgan fingerprint density at radius 3 is 2.53 bits per heavy atom. The largest absolute Gasteiger partial charge is 0.448 e. The summed E-state index contributed by atoms with van der Waals surface area (Å²) < 4.78 is 30.5. The van der Waals surface area contributed by atoms with Crippen molar-refractivity contribution < 1.29 is 28.5 Å². The summed E-state index contributed by atoms with van der Waals surface area (Å²) in [6.07, 6.45) is 0. The topological polar surface area (TPSA) is 66.8 Å². The summed E-state index contributed by atoms with van der Waals surface area (Å²) in [4.78, 5) is 11.4. The van der Waals surface area contributed by atoms with Crippen molar-refractivity contribution in [1.82, 2.24) is 0 Å². The third-order valence-electron chi connectivity index (χ3n) is 1.68. The molecule has 17 heavy (non-hydrogen) atoms. The van der Waals surface area contributed by atoms with Crippen LogP contribution in [-0.4, -0.2) is 35.0 Å². The molecule has 2 radical (unpaired) electrons. The van der Waals surface area contributed by atoms with Crippen LogP contribution in [-0.2, 0) is 0 Å². The molecule has 0 bridgehead atoms. The van der Waals surface area contributed by atoms with Gasteiger partial charge in [-0.3, -0.25) is 4.79 Å². The van der Waals surface area contributed by atoms with E-state index in [-0.39, 0.29) is 5.33 Å². The van der Waals surface area contributed by atoms with Crippen molar-refractivity contribution in [3.63, 3.8) is 0 Å². The molecular weight excluding hydrogens is 301 g/mol. The summed E-state index contributed by atoms with van der Waals surface area (Å²) in [5.41, 5.74) is -0.624. The predicted octanol–water partition coefficient (Wildman–Crippen LogP) is 0.686. The third kappa shape index (κ3) is 3.76. The molecule has 0 aliphatic carbocycles. The van der Waals surface area contributed by atoms with Gasteiger partial charge in [0.15, 0.2) is 5.78 Å². The standard InChI is InChI=1S/C9H6BBrF2O4/c10-9(15,16)17-7-2-4(12)1-5(13)8(7)6(14)3-11/h1-2,15-16H,3H2. The molecule has 0 amide bonds. The Hall–Kier alpha value is -0.985. The van der Waals surface area contributed by atoms with Crippen molar-refractivity contribution in [2.24, 2.45) is 0 Å². The normalized spacial score (nSPS) is 11.4. The van der Waals surface area contributed by atoms with E-state index < -0.39 is 34.6 Å². The highest BCUT2D eigenvalue weighted by molar-refractivity contribution is 9.09. The van der Waals surface area contributed by atoms with Gasteiger partial charge in [-0.25, -0.2) is 8.78 Å². The fourth-order valence-electron chi connectivity index (χ4n) is 1.13. The average molecular weight is 307 g/mol. The molecule has 2 N–H and O–H groups in total. The lowest BCUT2D eigenvalue weighted by molar-refractivity contribution is -0.223. The van der Waals surface area contributed by atoms with Gasteiger partial charge in [0, 0.05) is 12.1 Å². The van der Waals surface area contributed by atoms with Crippen molar-refractivity contribution in [1.29, 1.82) is 0 Å². The lowest BCUT2D eigenvalue weighted by atomic mass is 10.1. The zero-order valence-electron chi connectivity index (χ0n) is 8.28. The number of hydrogen-bond acceptors (Lipinski definition) is 4. The molecule has 4 nitrogen and oxygen atoms in total. The smallest absolute Gasteiger partial charge is 0.259 e. The fourth-order valence-corrected chi connectivity index (χ4v) is 1.41. The summed E-state index contributed by atoms with van der Waals surface area (Å²) in [6.45, 7) is 0. The highest BCUT2D eigenvalue weighted by Gasteiger charge is 2.24. The number of hydrogen-bond donors (Lipinski definition) is 2. The lowest BCUT2D eigenvalue weighted by Crippen LogP contribution is -2.36. The average Bonchev–Trinajstić information content (AvgIpc) is 2.13. The number of aliphatic hydroxyl groups is 2. The third-order valence-corrected chi connectivity index (χ3v) is 2.19. The van der Waals surface area contributed by atoms with Gasteiger partial charge >= 0.3 is 0 Å². The molecule has 0 spiro atoms. The van der Waals surface area contributed by atoms with E-state index in [9.17, 15) is 13.6 Å². The zero-order valence-corrected chi connectivity index (χ0v) is 9.87. The van der Waals surface area contributed by atoms with Crippen LogP contribution in [0.5, 0.6) is 5.75 Å². The number of alkyl halides is 1. The number of Topliss-reactive ketones (excluding diaryl/α,β-unsaturated/α-hetero) is 1. The molecule has 1 aromatic carbocycles. The summed E-state index contributed by atoms with van der Waals surface area (Å²) in [5.74, 6) is -6.83. The molecule has 0 aliphatic rings. The molecule has 0 fully saturated rings. The van der Waals surface area contributed by atoms with E-state index in [1.165, 1.54) is 0 Å². The van der Waals surface area contributed by atoms with E-state index in [2.05, 4.69) is 20.7 Å². The molecule has 0 saturated heterocycles. The summed E-state index contributed by atoms with van der Waals surface area (Å²) in [5, 5.41) is 17.3. The van der Waals surface area contributed by atoms with E-state index in [0.717, 1.165) is 0 Å². The lowest BCUT2D eigenvalue weighted by Gasteiger charge is -2.20. The first-order valence-corrected chi connectivity index (χ1v) is 5.37. The Balaban J connectivity index is 3.30. The van der Waals surface area contributed by atoms with E-state index in [0.29, 0.717) is 12.1 Å². The molecule has 1 aromatic rings. The Morgan fingerprint density at radius 2 is 2.06 bits per heavy atom. The second-order valence-electron chi connectivity index (χ2n) is 3.08. The number of halogens is 3. The van der Waals surface area contributed by atoms with Crippen molar-refractivity contribution in [2.75, 3.05) is 5.33 Å². The van der Waals surface area contributed by atoms with Crippen LogP contribution in [0.25, 0.3) is 0 Å². The van der Waals surface area contributed by atoms with E-state index in [1.807, 2.05) is 0 Å². The van der Waals surface area contributed by atoms with Crippen LogP contribution in [0.3, 0.4) is 0 Å². The molecule has 0 heterocycles. The molecular formula is C9H6BBrF2O4. The number of ketones is 1. The molecule has 0 saturated carbocycles. The van der Waals surface area contributed by atoms with E-state index >= 15 is 0 Å². The van der Waals surface area contributed by atoms with Gasteiger partial charge in [0.2, 0.25) is 7.85 Å². The molecule has 0 aliphatic heterocycles. The predicted molar refractivity (Wildman–Crippen MR) is 58.0 cm³/mol. The van der Waals surface area contributed by atoms with Crippen LogP contribution in [0.4, 0.5) is 8.78 Å². The quantitative estimate of drug-likeness (QED) is 0.372. The van der Waals surface area contributed by atoms with Crippen LogP contribution in [0.2, 0.25) is 0 Å². The van der Waals surface area contributed by atoms with Gasteiger partial charge in [-0.15, -0.1) is 0 Å². The Bertz CT molecular complexity index is 447. The fraction of sp³-hybridized carbons (Fsp3) is 0.222. The van der Waals surface area contributed by atoms with Crippen LogP contribution >= 0.6 is 15.9 Å². The van der Waals surface area contributed by atoms with Crippen LogP contribution in [0.1, 0.15) is 10.4 Å². The van der Waals surface area contributed by atoms with Crippen molar-refractivity contribution in [3.8, 4) is 5.75 Å². The minimum Gasteiger partial charge on any atom is -0.448 e. The molecule has 8 heteroatoms. The molecule has 0 aromatic heterocycles. The van der Waals surface area contributed by atoms with Crippen molar-refractivity contribution in [2.45, 2.75) is 5.87 Å². The second-order valence-corrected chi connectivity index (χ2v) is 3.64. The number of benzene rings is 1. The second kappa shape index (κ2) is 5.11. The first-order valence-electron chi connectivity index (χ1n) is 4.25. The highest BCUT2D eigenvalue weighted by atomic mass is 79.9. The van der Waals surface area contributed by atoms with Crippen molar-refractivity contribution in [3.05, 3.63) is 29.3 Å². The van der Waals surface area contributed by atoms with Gasteiger partial charge in [-0.2, -0.15) is 0 Å². The molecule has 0 unspecified atom stereocenters. The Morgan fingerprint density at radius 1 is 1.47 bits per heavy atom. The SMILES string of the molecule is [B]C(O)(O)Oc1cc(F)cc(F)c1C(=O)CBr. The maximum atomic E-state index is 13.4. The molecule has 1 rings (SSSR count). The van der Waals surface area contributed by atoms with Crippen LogP contribution in [0.15, 0.2) is 12.1 Å². The van der Waals surface area contributed by atoms with E-state index in [4.69, 9.17) is 18.1 Å². The monoisotopic (exact) mass is 306 g/mol. The minimum atomic E-state index is -3.14. The van der Waals surface area contributed by atoms with Gasteiger partial charge in [0.1, 0.15) is 17.4 Å². The molecule has 0 atom stereocenters. The van der Waals surface area contributed by atoms with Crippen LogP contribution in [0, 0.1) is 11.6 Å². The highest BCUT2D eigenvalue weighted by Crippen LogP contribution is 2.26. The Labute approximate surface area is 105 Å². The van der Waals surface area contributed by atoms with Gasteiger partial charge in [0.25, 0.3) is 5.87 Å². The van der Waals surface area contributed by atoms with Gasteiger partial charge in [0.05, 0.1) is 10.9 Å². The minimum absolute atomic E-state index is 0.250. The number of carbonyl (C=O) groups is 1. The number of rotatable bonds is 4. The van der Waals surface area contributed by atoms with Gasteiger partial charge < -0.3 is 14.9 Å². The van der Waals surface area contributed by atoms with Crippen molar-refractivity contribution >= 4 is 29.6 Å². The van der Waals surface area contributed by atoms with Gasteiger partial charge in [-0.05, 0) is 0 Å². The Kier molecular flexibility index (Phi) is 4.23. The number of ether oxygens (including phenoxy) is 1. The summed E-state index contributed by atoms with van der Waals surface area (Å²) in [6, 6.07) is 1.09. The van der Waals surface area contributed by atoms with Crippen LogP contribution < -0.4 is 4.74 Å². The van der Waals surface area contributed by atoms with E-state index in [1.54, 1.807) is 0 Å².